The van der Waals surface area contributed by atoms with E-state index in [2.05, 4.69) is 89.6 Å². The number of nitrogens with zero attached hydrogens (tertiary/aromatic N) is 2. The van der Waals surface area contributed by atoms with Crippen molar-refractivity contribution < 1.29 is 4.70 Å². The average molecular weight is 574 g/mol. The van der Waals surface area contributed by atoms with Gasteiger partial charge < -0.3 is 0 Å². The largest absolute Gasteiger partial charge is 0.206 e. The van der Waals surface area contributed by atoms with E-state index in [4.69, 9.17) is 5.11 Å². The van der Waals surface area contributed by atoms with Gasteiger partial charge in [0, 0.05) is 13.0 Å². The van der Waals surface area contributed by atoms with E-state index in [1.807, 2.05) is 0 Å². The standard InChI is InChI=1S/C40H65N2/c1-8-13-16-19-20-23-24-36-27-28-39(32-37(36)25-21-17-14-9-2)41-42(12-5)34(7)30-35-29-33(6)40(11-4)38(31-35)26-22-18-15-10-3/h27-32H,8-26H2,1-7H3/q+1. The van der Waals surface area contributed by atoms with Crippen molar-refractivity contribution in [2.75, 3.05) is 6.54 Å². The van der Waals surface area contributed by atoms with Gasteiger partial charge in [0.25, 0.3) is 0 Å². The maximum Gasteiger partial charge on any atom is 0.206 e. The van der Waals surface area contributed by atoms with Gasteiger partial charge >= 0.3 is 0 Å². The summed E-state index contributed by atoms with van der Waals surface area (Å²) < 4.78 is 2.19. The summed E-state index contributed by atoms with van der Waals surface area (Å²) in [5, 5.41) is 5.16. The fraction of sp³-hybridized carbons (Fsp3) is 0.650. The van der Waals surface area contributed by atoms with E-state index in [-0.39, 0.29) is 0 Å². The molecule has 0 aliphatic carbocycles. The molecule has 0 heterocycles. The van der Waals surface area contributed by atoms with E-state index in [0.717, 1.165) is 18.7 Å². The summed E-state index contributed by atoms with van der Waals surface area (Å²) in [6, 6.07) is 11.8. The van der Waals surface area contributed by atoms with Crippen molar-refractivity contribution in [3.63, 3.8) is 0 Å². The molecule has 0 unspecified atom stereocenters. The molecule has 0 spiro atoms. The van der Waals surface area contributed by atoms with E-state index >= 15 is 0 Å². The summed E-state index contributed by atoms with van der Waals surface area (Å²) in [7, 11) is 0. The molecule has 0 bridgehead atoms. The van der Waals surface area contributed by atoms with Crippen molar-refractivity contribution in [1.82, 2.24) is 0 Å². The Balaban J connectivity index is 2.26. The highest BCUT2D eigenvalue weighted by Gasteiger charge is 2.13. The Morgan fingerprint density at radius 2 is 1.19 bits per heavy atom. The van der Waals surface area contributed by atoms with Gasteiger partial charge in [-0.3, -0.25) is 0 Å². The van der Waals surface area contributed by atoms with E-state index < -0.39 is 0 Å². The zero-order valence-electron chi connectivity index (χ0n) is 28.8. The highest BCUT2D eigenvalue weighted by molar-refractivity contribution is 5.55. The minimum Gasteiger partial charge on any atom is -0.0885 e. The Labute approximate surface area is 261 Å². The molecule has 2 aromatic carbocycles. The van der Waals surface area contributed by atoms with Crippen molar-refractivity contribution in [3.05, 3.63) is 69.4 Å². The highest BCUT2D eigenvalue weighted by Crippen LogP contribution is 2.25. The van der Waals surface area contributed by atoms with Crippen molar-refractivity contribution >= 4 is 11.8 Å². The zero-order valence-corrected chi connectivity index (χ0v) is 28.8. The van der Waals surface area contributed by atoms with Gasteiger partial charge in [0.2, 0.25) is 5.70 Å². The molecule has 0 atom stereocenters. The fourth-order valence-electron chi connectivity index (χ4n) is 6.32. The minimum absolute atomic E-state index is 0.865. The molecule has 0 aliphatic rings. The van der Waals surface area contributed by atoms with Gasteiger partial charge in [0.1, 0.15) is 5.69 Å². The van der Waals surface area contributed by atoms with Crippen LogP contribution in [0.2, 0.25) is 0 Å². The van der Waals surface area contributed by atoms with Crippen molar-refractivity contribution in [2.45, 2.75) is 164 Å². The van der Waals surface area contributed by atoms with Gasteiger partial charge in [-0.1, -0.05) is 121 Å². The molecule has 0 amide bonds. The normalized spacial score (nSPS) is 12.4. The van der Waals surface area contributed by atoms with Crippen LogP contribution in [0.4, 0.5) is 5.69 Å². The molecule has 42 heavy (non-hydrogen) atoms. The first-order valence-corrected chi connectivity index (χ1v) is 17.9. The van der Waals surface area contributed by atoms with Crippen LogP contribution in [-0.2, 0) is 25.7 Å². The highest BCUT2D eigenvalue weighted by atomic mass is 15.3. The molecule has 234 valence electrons. The van der Waals surface area contributed by atoms with Gasteiger partial charge in [-0.25, -0.2) is 0 Å². The number of benzene rings is 2. The van der Waals surface area contributed by atoms with Crippen LogP contribution in [0.1, 0.15) is 165 Å². The van der Waals surface area contributed by atoms with E-state index in [9.17, 15) is 0 Å². The molecule has 0 aliphatic heterocycles. The lowest BCUT2D eigenvalue weighted by Gasteiger charge is -2.13. The van der Waals surface area contributed by atoms with Crippen LogP contribution in [0, 0.1) is 6.92 Å². The number of hydrogen-bond donors (Lipinski definition) is 0. The first kappa shape index (κ1) is 36.0. The third-order valence-corrected chi connectivity index (χ3v) is 8.85. The van der Waals surface area contributed by atoms with E-state index in [1.165, 1.54) is 132 Å². The Hall–Kier alpha value is -2.22. The quantitative estimate of drug-likeness (QED) is 0.0756. The molecule has 2 heteroatoms. The number of azo groups is 2. The number of hydrogen-bond acceptors (Lipinski definition) is 1. The second-order valence-electron chi connectivity index (χ2n) is 12.5. The number of unbranched alkanes of at least 4 members (excludes halogenated alkanes) is 11. The number of rotatable bonds is 22. The van der Waals surface area contributed by atoms with Gasteiger partial charge in [-0.2, -0.15) is 0 Å². The zero-order chi connectivity index (χ0) is 30.6. The van der Waals surface area contributed by atoms with Crippen LogP contribution in [0.5, 0.6) is 0 Å². The molecular formula is C40H65N2+. The molecule has 0 aromatic heterocycles. The lowest BCUT2D eigenvalue weighted by atomic mass is 9.93. The third-order valence-electron chi connectivity index (χ3n) is 8.85. The lowest BCUT2D eigenvalue weighted by Crippen LogP contribution is -2.06. The van der Waals surface area contributed by atoms with Crippen molar-refractivity contribution in [2.24, 2.45) is 5.11 Å². The van der Waals surface area contributed by atoms with Crippen LogP contribution >= 0.6 is 0 Å². The predicted octanol–water partition coefficient (Wildman–Crippen LogP) is 12.9. The summed E-state index contributed by atoms with van der Waals surface area (Å²) in [4.78, 5) is 0. The molecule has 2 rings (SSSR count). The first-order valence-electron chi connectivity index (χ1n) is 17.9. The molecule has 0 radical (unpaired) electrons. The van der Waals surface area contributed by atoms with Gasteiger partial charge in [-0.15, -0.1) is 0 Å². The van der Waals surface area contributed by atoms with Crippen LogP contribution < -0.4 is 0 Å². The Morgan fingerprint density at radius 1 is 0.643 bits per heavy atom. The number of aryl methyl sites for hydroxylation is 4. The van der Waals surface area contributed by atoms with Crippen LogP contribution in [-0.4, -0.2) is 11.2 Å². The third kappa shape index (κ3) is 13.0. The molecule has 2 nitrogen and oxygen atoms in total. The van der Waals surface area contributed by atoms with Crippen LogP contribution in [0.15, 0.2) is 41.1 Å². The maximum absolute atomic E-state index is 5.16. The molecule has 0 saturated carbocycles. The fourth-order valence-corrected chi connectivity index (χ4v) is 6.32. The summed E-state index contributed by atoms with van der Waals surface area (Å²) in [5.41, 5.74) is 11.2. The molecule has 0 N–H and O–H groups in total. The SMILES string of the molecule is CCCCCCCCc1ccc(N=[N+](CC)C(C)=Cc2cc(C)c(CC)c(CCCCCC)c2)cc1CCCCCC. The second kappa shape index (κ2) is 21.5. The van der Waals surface area contributed by atoms with Gasteiger partial charge in [-0.05, 0) is 109 Å². The van der Waals surface area contributed by atoms with Crippen LogP contribution in [0.3, 0.4) is 0 Å². The predicted molar refractivity (Wildman–Crippen MR) is 186 cm³/mol. The second-order valence-corrected chi connectivity index (χ2v) is 12.5. The topological polar surface area (TPSA) is 15.4 Å². The molecule has 2 aromatic rings. The summed E-state index contributed by atoms with van der Waals surface area (Å²) >= 11 is 0. The maximum atomic E-state index is 5.16. The molecular weight excluding hydrogens is 508 g/mol. The van der Waals surface area contributed by atoms with Gasteiger partial charge in [0.15, 0.2) is 6.54 Å². The Kier molecular flexibility index (Phi) is 18.4. The van der Waals surface area contributed by atoms with Gasteiger partial charge in [0.05, 0.1) is 0 Å². The minimum atomic E-state index is 0.865. The Bertz CT molecular complexity index is 1090. The number of allylic oxidation sites excluding steroid dienone is 1. The first-order chi connectivity index (χ1) is 20.5. The van der Waals surface area contributed by atoms with E-state index in [1.54, 1.807) is 16.7 Å². The molecule has 0 fully saturated rings. The van der Waals surface area contributed by atoms with E-state index in [0.29, 0.717) is 0 Å². The van der Waals surface area contributed by atoms with Crippen LogP contribution in [0.25, 0.3) is 6.08 Å². The lowest BCUT2D eigenvalue weighted by molar-refractivity contribution is -0.537. The smallest absolute Gasteiger partial charge is 0.0885 e. The summed E-state index contributed by atoms with van der Waals surface area (Å²) in [6.07, 6.45) is 25.7. The molecule has 0 saturated heterocycles. The summed E-state index contributed by atoms with van der Waals surface area (Å²) in [5.74, 6) is 0. The average Bonchev–Trinajstić information content (AvgIpc) is 2.98. The summed E-state index contributed by atoms with van der Waals surface area (Å²) in [6.45, 7) is 16.8. The van der Waals surface area contributed by atoms with Crippen molar-refractivity contribution in [3.8, 4) is 0 Å². The monoisotopic (exact) mass is 574 g/mol. The van der Waals surface area contributed by atoms with Crippen molar-refractivity contribution in [1.29, 1.82) is 0 Å². The Morgan fingerprint density at radius 3 is 1.79 bits per heavy atom.